The zero-order valence-electron chi connectivity index (χ0n) is 22.5. The Morgan fingerprint density at radius 2 is 2.02 bits per heavy atom. The fraction of sp³-hybridized carbons (Fsp3) is 0.286. The van der Waals surface area contributed by atoms with E-state index in [1.165, 1.54) is 27.7 Å². The van der Waals surface area contributed by atoms with Crippen LogP contribution >= 0.6 is 22.9 Å². The highest BCUT2D eigenvalue weighted by Crippen LogP contribution is 2.37. The van der Waals surface area contributed by atoms with Gasteiger partial charge in [-0.2, -0.15) is 9.97 Å². The van der Waals surface area contributed by atoms with E-state index in [0.29, 0.717) is 5.56 Å². The number of hydrogen-bond donors (Lipinski definition) is 3. The molecule has 5 aromatic rings. The van der Waals surface area contributed by atoms with E-state index in [1.807, 2.05) is 43.3 Å². The van der Waals surface area contributed by atoms with Crippen LogP contribution in [-0.2, 0) is 26.3 Å². The number of nitrogens with zero attached hydrogens (tertiary/aromatic N) is 6. The van der Waals surface area contributed by atoms with E-state index in [9.17, 15) is 15.0 Å². The summed E-state index contributed by atoms with van der Waals surface area (Å²) in [6.07, 6.45) is -3.29. The van der Waals surface area contributed by atoms with Gasteiger partial charge in [0.1, 0.15) is 17.7 Å². The number of halogens is 2. The molecule has 12 nitrogen and oxygen atoms in total. The van der Waals surface area contributed by atoms with Crippen LogP contribution in [0.5, 0.6) is 0 Å². The molecule has 43 heavy (non-hydrogen) atoms. The third-order valence-corrected chi connectivity index (χ3v) is 8.16. The van der Waals surface area contributed by atoms with Crippen LogP contribution in [0.2, 0.25) is 5.28 Å². The summed E-state index contributed by atoms with van der Waals surface area (Å²) in [4.78, 5) is 33.5. The second-order valence-corrected chi connectivity index (χ2v) is 11.1. The third-order valence-electron chi connectivity index (χ3n) is 7.40. The van der Waals surface area contributed by atoms with Crippen LogP contribution in [0.15, 0.2) is 59.8 Å². The van der Waals surface area contributed by atoms with Crippen molar-refractivity contribution in [1.82, 2.24) is 29.5 Å². The largest absolute Gasteiger partial charge is 0.479 e. The number of thiazole rings is 1. The molecule has 6 rings (SSSR count). The molecule has 0 spiro atoms. The number of aryl methyl sites for hydroxylation is 1. The first-order valence-corrected chi connectivity index (χ1v) is 14.4. The van der Waals surface area contributed by atoms with Crippen molar-refractivity contribution in [3.8, 4) is 11.1 Å². The summed E-state index contributed by atoms with van der Waals surface area (Å²) in [5.74, 6) is -1.30. The summed E-state index contributed by atoms with van der Waals surface area (Å²) in [6, 6.07) is 11.2. The Morgan fingerprint density at radius 1 is 1.23 bits per heavy atom. The lowest BCUT2D eigenvalue weighted by molar-refractivity contribution is -0.177. The number of carbonyl (C=O) groups is 1. The molecule has 0 saturated carbocycles. The minimum atomic E-state index is -1.95. The highest BCUT2D eigenvalue weighted by molar-refractivity contribution is 7.07. The Kier molecular flexibility index (Phi) is 7.79. The summed E-state index contributed by atoms with van der Waals surface area (Å²) in [5.41, 5.74) is 9.29. The number of anilines is 1. The lowest BCUT2D eigenvalue weighted by atomic mass is 9.90. The molecule has 0 radical (unpaired) electrons. The molecule has 0 unspecified atom stereocenters. The summed E-state index contributed by atoms with van der Waals surface area (Å²) in [7, 11) is 0. The van der Waals surface area contributed by atoms with Crippen molar-refractivity contribution < 1.29 is 28.9 Å². The second kappa shape index (κ2) is 11.5. The van der Waals surface area contributed by atoms with Crippen LogP contribution in [0.3, 0.4) is 0 Å². The maximum absolute atomic E-state index is 15.4. The topological polar surface area (TPSA) is 171 Å². The lowest BCUT2D eigenvalue weighted by Crippen LogP contribution is -2.44. The Hall–Kier alpha value is -4.08. The van der Waals surface area contributed by atoms with Gasteiger partial charge in [-0.25, -0.2) is 19.2 Å². The maximum atomic E-state index is 15.4. The second-order valence-electron chi connectivity index (χ2n) is 10.0. The van der Waals surface area contributed by atoms with Crippen molar-refractivity contribution >= 4 is 45.9 Å². The summed E-state index contributed by atoms with van der Waals surface area (Å²) in [5, 5.41) is 22.7. The normalized spacial score (nSPS) is 21.7. The molecule has 4 N–H and O–H groups in total. The van der Waals surface area contributed by atoms with E-state index in [1.54, 1.807) is 11.6 Å². The predicted molar refractivity (Wildman–Crippen MR) is 155 cm³/mol. The first-order valence-electron chi connectivity index (χ1n) is 13.1. The molecule has 1 aromatic carbocycles. The molecule has 0 aliphatic carbocycles. The molecule has 0 amide bonds. The molecule has 1 fully saturated rings. The molecule has 1 aliphatic rings. The summed E-state index contributed by atoms with van der Waals surface area (Å²) >= 11 is 7.15. The van der Waals surface area contributed by atoms with Crippen LogP contribution < -0.4 is 5.73 Å². The van der Waals surface area contributed by atoms with Gasteiger partial charge in [-0.3, -0.25) is 9.55 Å². The summed E-state index contributed by atoms with van der Waals surface area (Å²) in [6.45, 7) is 1.45. The van der Waals surface area contributed by atoms with Crippen LogP contribution in [0.4, 0.5) is 10.2 Å². The van der Waals surface area contributed by atoms with Gasteiger partial charge in [0.15, 0.2) is 23.9 Å². The Labute approximate surface area is 253 Å². The van der Waals surface area contributed by atoms with Crippen molar-refractivity contribution in [1.29, 1.82) is 0 Å². The van der Waals surface area contributed by atoms with Crippen molar-refractivity contribution in [3.05, 3.63) is 82.0 Å². The molecular formula is C28H25ClFN7O5S. The number of nitrogens with two attached hydrogens (primary N) is 1. The summed E-state index contributed by atoms with van der Waals surface area (Å²) < 4.78 is 28.6. The number of imidazole rings is 1. The lowest BCUT2D eigenvalue weighted by Gasteiger charge is -2.30. The molecule has 5 heterocycles. The van der Waals surface area contributed by atoms with Gasteiger partial charge in [0, 0.05) is 29.3 Å². The van der Waals surface area contributed by atoms with E-state index >= 15 is 4.39 Å². The molecular weight excluding hydrogens is 601 g/mol. The number of hydrogen-bond acceptors (Lipinski definition) is 11. The smallest absolute Gasteiger partial charge is 0.342 e. The average molecular weight is 626 g/mol. The average Bonchev–Trinajstić information content (AvgIpc) is 3.73. The fourth-order valence-corrected chi connectivity index (χ4v) is 5.93. The van der Waals surface area contributed by atoms with Gasteiger partial charge in [0.2, 0.25) is 10.9 Å². The number of carboxylic acids is 1. The van der Waals surface area contributed by atoms with Gasteiger partial charge >= 0.3 is 5.97 Å². The standard InChI is InChI=1S/C28H25ClFN7O5S/c1-14-17(3-2-8-32-14)16-6-4-15(5-7-16)9-28(26(39)40,19-11-43-13-34-19)41-10-18-22(38)20(30)25(42-18)37-12-33-21-23(31)35-27(29)36-24(21)37/h2-8,11-13,18,20,22,25,38H,9-10H2,1H3,(H,39,40)(H2,31,35,36)/t18-,20+,22-,25-,28-/m1/s1. The third kappa shape index (κ3) is 5.32. The molecule has 1 saturated heterocycles. The molecule has 4 aromatic heterocycles. The Morgan fingerprint density at radius 3 is 2.72 bits per heavy atom. The van der Waals surface area contributed by atoms with E-state index in [0.717, 1.165) is 16.8 Å². The number of aliphatic hydroxyl groups is 1. The molecule has 0 bridgehead atoms. The minimum Gasteiger partial charge on any atom is -0.479 e. The predicted octanol–water partition coefficient (Wildman–Crippen LogP) is 3.72. The SMILES string of the molecule is Cc1ncccc1-c1ccc(C[C@](OC[C@H]2O[C@@H](n3cnc4c(N)nc(Cl)nc43)[C@@H](F)[C@@H]2O)(C(=O)O)c2cscn2)cc1. The van der Waals surface area contributed by atoms with Gasteiger partial charge in [-0.05, 0) is 35.7 Å². The number of aliphatic hydroxyl groups excluding tert-OH is 1. The monoisotopic (exact) mass is 625 g/mol. The van der Waals surface area contributed by atoms with Gasteiger partial charge < -0.3 is 25.4 Å². The number of aromatic nitrogens is 6. The molecule has 1 aliphatic heterocycles. The Balaban J connectivity index is 1.26. The van der Waals surface area contributed by atoms with Gasteiger partial charge in [-0.15, -0.1) is 11.3 Å². The van der Waals surface area contributed by atoms with Gasteiger partial charge in [0.25, 0.3) is 0 Å². The first-order chi connectivity index (χ1) is 20.7. The van der Waals surface area contributed by atoms with Crippen molar-refractivity contribution in [2.24, 2.45) is 0 Å². The van der Waals surface area contributed by atoms with Crippen LogP contribution in [0, 0.1) is 6.92 Å². The zero-order valence-corrected chi connectivity index (χ0v) is 24.1. The number of alkyl halides is 1. The number of aliphatic carboxylic acids is 1. The van der Waals surface area contributed by atoms with Crippen LogP contribution in [-0.4, -0.2) is 70.7 Å². The number of benzene rings is 1. The number of carboxylic acid groups (broad SMARTS) is 1. The van der Waals surface area contributed by atoms with Crippen molar-refractivity contribution in [2.75, 3.05) is 12.3 Å². The number of nitrogen functional groups attached to an aromatic ring is 1. The van der Waals surface area contributed by atoms with Gasteiger partial charge in [0.05, 0.1) is 24.1 Å². The maximum Gasteiger partial charge on any atom is 0.342 e. The van der Waals surface area contributed by atoms with E-state index < -0.39 is 42.8 Å². The quantitative estimate of drug-likeness (QED) is 0.204. The van der Waals surface area contributed by atoms with Crippen molar-refractivity contribution in [3.63, 3.8) is 0 Å². The van der Waals surface area contributed by atoms with Gasteiger partial charge in [-0.1, -0.05) is 30.3 Å². The highest BCUT2D eigenvalue weighted by atomic mass is 35.5. The number of rotatable bonds is 9. The van der Waals surface area contributed by atoms with E-state index in [4.69, 9.17) is 26.8 Å². The Bertz CT molecular complexity index is 1770. The van der Waals surface area contributed by atoms with Crippen LogP contribution in [0.25, 0.3) is 22.3 Å². The van der Waals surface area contributed by atoms with Crippen molar-refractivity contribution in [2.45, 2.75) is 43.6 Å². The highest BCUT2D eigenvalue weighted by Gasteiger charge is 2.49. The minimum absolute atomic E-state index is 0.000643. The van der Waals surface area contributed by atoms with Crippen LogP contribution in [0.1, 0.15) is 23.2 Å². The first kappa shape index (κ1) is 29.0. The zero-order chi connectivity index (χ0) is 30.3. The number of pyridine rings is 1. The number of ether oxygens (including phenoxy) is 2. The number of fused-ring (bicyclic) bond motifs is 1. The molecule has 222 valence electrons. The molecule has 15 heteroatoms. The fourth-order valence-electron chi connectivity index (χ4n) is 5.14. The van der Waals surface area contributed by atoms with E-state index in [-0.39, 0.29) is 34.4 Å². The molecule has 5 atom stereocenters. The van der Waals surface area contributed by atoms with E-state index in [2.05, 4.69) is 24.9 Å².